The highest BCUT2D eigenvalue weighted by molar-refractivity contribution is 9.10. The second-order valence-corrected chi connectivity index (χ2v) is 6.68. The van der Waals surface area contributed by atoms with Crippen LogP contribution in [0.1, 0.15) is 27.7 Å². The van der Waals surface area contributed by atoms with E-state index in [1.807, 2.05) is 27.7 Å². The Bertz CT molecular complexity index is 520. The third kappa shape index (κ3) is 2.55. The SMILES string of the molecule is CC1(C)OB(c2c(Br)ccc(B(O)O)c2F)OC1(C)C. The van der Waals surface area contributed by atoms with Gasteiger partial charge in [0.2, 0.25) is 0 Å². The first-order chi connectivity index (χ1) is 9.07. The molecule has 0 radical (unpaired) electrons. The highest BCUT2D eigenvalue weighted by atomic mass is 79.9. The Balaban J connectivity index is 2.47. The molecule has 0 saturated carbocycles. The monoisotopic (exact) mass is 344 g/mol. The van der Waals surface area contributed by atoms with Crippen LogP contribution in [-0.2, 0) is 9.31 Å². The predicted molar refractivity (Wildman–Crippen MR) is 79.6 cm³/mol. The molecule has 1 aromatic rings. The first-order valence-corrected chi connectivity index (χ1v) is 7.06. The van der Waals surface area contributed by atoms with Crippen LogP contribution < -0.4 is 10.9 Å². The fourth-order valence-corrected chi connectivity index (χ4v) is 2.46. The van der Waals surface area contributed by atoms with E-state index in [0.29, 0.717) is 4.47 Å². The lowest BCUT2D eigenvalue weighted by molar-refractivity contribution is 0.00578. The Morgan fingerprint density at radius 1 is 1.15 bits per heavy atom. The van der Waals surface area contributed by atoms with Crippen LogP contribution in [0.25, 0.3) is 0 Å². The van der Waals surface area contributed by atoms with E-state index in [1.54, 1.807) is 0 Å². The smallest absolute Gasteiger partial charge is 0.423 e. The van der Waals surface area contributed by atoms with E-state index in [-0.39, 0.29) is 10.9 Å². The normalized spacial score (nSPS) is 20.3. The number of hydrogen-bond acceptors (Lipinski definition) is 4. The molecular weight excluding hydrogens is 329 g/mol. The maximum absolute atomic E-state index is 14.4. The van der Waals surface area contributed by atoms with Gasteiger partial charge in [0.1, 0.15) is 5.82 Å². The van der Waals surface area contributed by atoms with Crippen LogP contribution in [0, 0.1) is 5.82 Å². The van der Waals surface area contributed by atoms with Crippen molar-refractivity contribution in [1.82, 2.24) is 0 Å². The summed E-state index contributed by atoms with van der Waals surface area (Å²) in [6.07, 6.45) is 0. The van der Waals surface area contributed by atoms with E-state index >= 15 is 0 Å². The van der Waals surface area contributed by atoms with Crippen LogP contribution in [0.15, 0.2) is 16.6 Å². The van der Waals surface area contributed by atoms with Crippen molar-refractivity contribution in [3.8, 4) is 0 Å². The third-order valence-corrected chi connectivity index (χ3v) is 4.62. The van der Waals surface area contributed by atoms with E-state index in [1.165, 1.54) is 12.1 Å². The average molecular weight is 345 g/mol. The highest BCUT2D eigenvalue weighted by Gasteiger charge is 2.53. The topological polar surface area (TPSA) is 58.9 Å². The zero-order chi connectivity index (χ0) is 15.3. The molecule has 0 bridgehead atoms. The molecular formula is C12H16B2BrFO4. The van der Waals surface area contributed by atoms with Crippen LogP contribution >= 0.6 is 15.9 Å². The highest BCUT2D eigenvalue weighted by Crippen LogP contribution is 2.37. The predicted octanol–water partition coefficient (Wildman–Crippen LogP) is 0.567. The zero-order valence-electron chi connectivity index (χ0n) is 11.8. The number of halogens is 2. The summed E-state index contributed by atoms with van der Waals surface area (Å²) in [5.74, 6) is -0.743. The van der Waals surface area contributed by atoms with Crippen molar-refractivity contribution in [1.29, 1.82) is 0 Å². The van der Waals surface area contributed by atoms with Gasteiger partial charge in [-0.2, -0.15) is 0 Å². The summed E-state index contributed by atoms with van der Waals surface area (Å²) in [6.45, 7) is 7.46. The van der Waals surface area contributed by atoms with Gasteiger partial charge in [-0.3, -0.25) is 0 Å². The zero-order valence-corrected chi connectivity index (χ0v) is 13.4. The summed E-state index contributed by atoms with van der Waals surface area (Å²) in [5.41, 5.74) is -1.28. The number of benzene rings is 1. The van der Waals surface area contributed by atoms with Crippen molar-refractivity contribution >= 4 is 41.1 Å². The molecule has 1 aliphatic rings. The van der Waals surface area contributed by atoms with Gasteiger partial charge < -0.3 is 19.4 Å². The molecule has 108 valence electrons. The van der Waals surface area contributed by atoms with Gasteiger partial charge in [-0.05, 0) is 33.8 Å². The molecule has 8 heteroatoms. The van der Waals surface area contributed by atoms with E-state index in [9.17, 15) is 14.4 Å². The largest absolute Gasteiger partial charge is 0.499 e. The van der Waals surface area contributed by atoms with E-state index in [0.717, 1.165) is 0 Å². The van der Waals surface area contributed by atoms with Gasteiger partial charge in [-0.15, -0.1) is 0 Å². The van der Waals surface area contributed by atoms with Gasteiger partial charge in [0, 0.05) is 15.4 Å². The first-order valence-electron chi connectivity index (χ1n) is 6.26. The van der Waals surface area contributed by atoms with Gasteiger partial charge in [-0.1, -0.05) is 22.0 Å². The molecule has 0 atom stereocenters. The molecule has 0 aliphatic carbocycles. The first kappa shape index (κ1) is 16.0. The lowest BCUT2D eigenvalue weighted by Gasteiger charge is -2.32. The minimum Gasteiger partial charge on any atom is -0.423 e. The van der Waals surface area contributed by atoms with Gasteiger partial charge in [0.15, 0.2) is 0 Å². The average Bonchev–Trinajstić information content (AvgIpc) is 2.47. The molecule has 2 rings (SSSR count). The summed E-state index contributed by atoms with van der Waals surface area (Å²) in [4.78, 5) is 0. The Labute approximate surface area is 126 Å². The van der Waals surface area contributed by atoms with Crippen LogP contribution in [0.2, 0.25) is 0 Å². The molecule has 0 unspecified atom stereocenters. The molecule has 0 amide bonds. The van der Waals surface area contributed by atoms with Crippen LogP contribution in [0.5, 0.6) is 0 Å². The lowest BCUT2D eigenvalue weighted by atomic mass is 9.71. The quantitative estimate of drug-likeness (QED) is 0.770. The van der Waals surface area contributed by atoms with Crippen molar-refractivity contribution in [2.45, 2.75) is 38.9 Å². The Hall–Kier alpha value is -0.400. The summed E-state index contributed by atoms with van der Waals surface area (Å²) in [7, 11) is -2.79. The second-order valence-electron chi connectivity index (χ2n) is 5.83. The molecule has 0 aromatic heterocycles. The number of rotatable bonds is 2. The molecule has 1 aromatic carbocycles. The van der Waals surface area contributed by atoms with E-state index in [4.69, 9.17) is 9.31 Å². The van der Waals surface area contributed by atoms with Crippen molar-refractivity contribution in [3.63, 3.8) is 0 Å². The van der Waals surface area contributed by atoms with Crippen LogP contribution in [0.3, 0.4) is 0 Å². The Kier molecular flexibility index (Phi) is 4.08. The molecule has 1 aliphatic heterocycles. The number of hydrogen-bond donors (Lipinski definition) is 2. The van der Waals surface area contributed by atoms with Gasteiger partial charge >= 0.3 is 14.2 Å². The minimum absolute atomic E-state index is 0.134. The van der Waals surface area contributed by atoms with Crippen molar-refractivity contribution < 1.29 is 23.7 Å². The molecule has 2 N–H and O–H groups in total. The van der Waals surface area contributed by atoms with E-state index < -0.39 is 31.3 Å². The van der Waals surface area contributed by atoms with Gasteiger partial charge in [0.05, 0.1) is 11.2 Å². The fraction of sp³-hybridized carbons (Fsp3) is 0.500. The molecule has 4 nitrogen and oxygen atoms in total. The summed E-state index contributed by atoms with van der Waals surface area (Å²) < 4.78 is 26.5. The second kappa shape index (κ2) is 5.10. The maximum atomic E-state index is 14.4. The Morgan fingerprint density at radius 2 is 1.65 bits per heavy atom. The van der Waals surface area contributed by atoms with Gasteiger partial charge in [-0.25, -0.2) is 4.39 Å². The molecule has 20 heavy (non-hydrogen) atoms. The van der Waals surface area contributed by atoms with Gasteiger partial charge in [0.25, 0.3) is 0 Å². The van der Waals surface area contributed by atoms with Crippen molar-refractivity contribution in [3.05, 3.63) is 22.4 Å². The maximum Gasteiger partial charge on any atom is 0.499 e. The summed E-state index contributed by atoms with van der Waals surface area (Å²) in [6, 6.07) is 2.84. The Morgan fingerprint density at radius 3 is 2.10 bits per heavy atom. The third-order valence-electron chi connectivity index (χ3n) is 3.92. The standard InChI is InChI=1S/C12H16B2BrFO4/c1-11(2)12(3,4)20-14(19-11)9-8(15)6-5-7(10(9)16)13(17)18/h5-6,17-18H,1-4H3. The summed E-state index contributed by atoms with van der Waals surface area (Å²) in [5, 5.41) is 18.4. The minimum atomic E-state index is -1.88. The molecule has 1 heterocycles. The van der Waals surface area contributed by atoms with E-state index in [2.05, 4.69) is 15.9 Å². The molecule has 1 saturated heterocycles. The van der Waals surface area contributed by atoms with Crippen LogP contribution in [0.4, 0.5) is 4.39 Å². The van der Waals surface area contributed by atoms with Crippen molar-refractivity contribution in [2.24, 2.45) is 0 Å². The molecule has 1 fully saturated rings. The van der Waals surface area contributed by atoms with Crippen LogP contribution in [-0.4, -0.2) is 35.5 Å². The lowest BCUT2D eigenvalue weighted by Crippen LogP contribution is -2.44. The van der Waals surface area contributed by atoms with Crippen molar-refractivity contribution in [2.75, 3.05) is 0 Å². The fourth-order valence-electron chi connectivity index (χ4n) is 1.96. The summed E-state index contributed by atoms with van der Waals surface area (Å²) >= 11 is 3.25. The molecule has 0 spiro atoms.